The van der Waals surface area contributed by atoms with Gasteiger partial charge in [-0.3, -0.25) is 14.4 Å². The summed E-state index contributed by atoms with van der Waals surface area (Å²) < 4.78 is 5.39. The van der Waals surface area contributed by atoms with E-state index in [1.54, 1.807) is 26.3 Å². The highest BCUT2D eigenvalue weighted by atomic mass is 16.5. The minimum absolute atomic E-state index is 0.0241. The second-order valence-corrected chi connectivity index (χ2v) is 10.2. The summed E-state index contributed by atoms with van der Waals surface area (Å²) in [7, 11) is 1.63. The van der Waals surface area contributed by atoms with Crippen LogP contribution in [0.15, 0.2) is 48.7 Å². The predicted octanol–water partition coefficient (Wildman–Crippen LogP) is 6.41. The first-order valence-electron chi connectivity index (χ1n) is 13.9. The van der Waals surface area contributed by atoms with Crippen LogP contribution in [0.25, 0.3) is 22.2 Å². The molecule has 0 radical (unpaired) electrons. The van der Waals surface area contributed by atoms with Crippen LogP contribution in [0.2, 0.25) is 0 Å². The van der Waals surface area contributed by atoms with Crippen molar-refractivity contribution < 1.29 is 19.1 Å². The number of Topliss-reactive ketones (excluding diaryl/α,β-unsaturated/α-hetero) is 2. The molecular formula is C32H38N4O4. The molecule has 1 amide bonds. The van der Waals surface area contributed by atoms with E-state index in [4.69, 9.17) is 4.74 Å². The van der Waals surface area contributed by atoms with Crippen LogP contribution in [0, 0.1) is 6.92 Å². The van der Waals surface area contributed by atoms with Crippen molar-refractivity contribution in [2.45, 2.75) is 71.8 Å². The Hall–Kier alpha value is -4.20. The van der Waals surface area contributed by atoms with Gasteiger partial charge in [-0.1, -0.05) is 44.0 Å². The molecule has 0 aliphatic rings. The van der Waals surface area contributed by atoms with Crippen molar-refractivity contribution in [3.05, 3.63) is 71.3 Å². The molecule has 2 aromatic carbocycles. The molecule has 0 saturated carbocycles. The smallest absolute Gasteiger partial charge is 0.225 e. The number of H-pyrrole nitrogens is 2. The summed E-state index contributed by atoms with van der Waals surface area (Å²) in [5.74, 6) is 1.52. The summed E-state index contributed by atoms with van der Waals surface area (Å²) in [6.07, 6.45) is 6.31. The summed E-state index contributed by atoms with van der Waals surface area (Å²) in [6, 6.07) is 12.9. The monoisotopic (exact) mass is 542 g/mol. The van der Waals surface area contributed by atoms with E-state index in [9.17, 15) is 14.4 Å². The van der Waals surface area contributed by atoms with Crippen molar-refractivity contribution in [1.29, 1.82) is 0 Å². The van der Waals surface area contributed by atoms with E-state index in [1.165, 1.54) is 0 Å². The van der Waals surface area contributed by atoms with Crippen molar-refractivity contribution in [1.82, 2.24) is 20.3 Å². The average Bonchev–Trinajstić information content (AvgIpc) is 3.56. The summed E-state index contributed by atoms with van der Waals surface area (Å²) in [5.41, 5.74) is 4.95. The number of hydrogen-bond acceptors (Lipinski definition) is 5. The van der Waals surface area contributed by atoms with Gasteiger partial charge in [0.1, 0.15) is 17.4 Å². The van der Waals surface area contributed by atoms with Crippen LogP contribution in [-0.4, -0.2) is 39.5 Å². The van der Waals surface area contributed by atoms with Crippen LogP contribution in [0.1, 0.15) is 85.9 Å². The molecule has 8 nitrogen and oxygen atoms in total. The fourth-order valence-electron chi connectivity index (χ4n) is 5.10. The van der Waals surface area contributed by atoms with Gasteiger partial charge in [-0.2, -0.15) is 0 Å². The summed E-state index contributed by atoms with van der Waals surface area (Å²) >= 11 is 0. The molecule has 0 unspecified atom stereocenters. The molecule has 4 rings (SSSR count). The summed E-state index contributed by atoms with van der Waals surface area (Å²) in [5, 5.41) is 4.16. The highest BCUT2D eigenvalue weighted by Gasteiger charge is 2.21. The lowest BCUT2D eigenvalue weighted by atomic mass is 10.0. The van der Waals surface area contributed by atoms with Crippen LogP contribution in [0.5, 0.6) is 5.75 Å². The van der Waals surface area contributed by atoms with Gasteiger partial charge < -0.3 is 20.0 Å². The molecule has 0 bridgehead atoms. The van der Waals surface area contributed by atoms with Crippen LogP contribution >= 0.6 is 0 Å². The van der Waals surface area contributed by atoms with Gasteiger partial charge in [-0.15, -0.1) is 0 Å². The third-order valence-corrected chi connectivity index (χ3v) is 7.36. The highest BCUT2D eigenvalue weighted by Crippen LogP contribution is 2.28. The lowest BCUT2D eigenvalue weighted by molar-refractivity contribution is -0.121. The third kappa shape index (κ3) is 6.86. The first-order chi connectivity index (χ1) is 19.3. The minimum atomic E-state index is -0.340. The average molecular weight is 543 g/mol. The van der Waals surface area contributed by atoms with Crippen LogP contribution < -0.4 is 10.1 Å². The Bertz CT molecular complexity index is 1500. The van der Waals surface area contributed by atoms with Gasteiger partial charge >= 0.3 is 0 Å². The number of unbranched alkanes of at least 4 members (excludes halogenated alkanes) is 2. The molecule has 4 aromatic rings. The fraction of sp³-hybridized carbons (Fsp3) is 0.375. The Morgan fingerprint density at radius 3 is 2.60 bits per heavy atom. The first kappa shape index (κ1) is 28.8. The van der Waals surface area contributed by atoms with Gasteiger partial charge in [0, 0.05) is 40.6 Å². The number of ether oxygens (including phenoxy) is 1. The number of rotatable bonds is 14. The number of fused-ring (bicyclic) bond motifs is 1. The van der Waals surface area contributed by atoms with Crippen LogP contribution in [0.4, 0.5) is 0 Å². The largest absolute Gasteiger partial charge is 0.497 e. The first-order valence-corrected chi connectivity index (χ1v) is 13.9. The predicted molar refractivity (Wildman–Crippen MR) is 157 cm³/mol. The Morgan fingerprint density at radius 1 is 1.05 bits per heavy atom. The van der Waals surface area contributed by atoms with Crippen LogP contribution in [-0.2, 0) is 16.0 Å². The Kier molecular flexibility index (Phi) is 9.53. The Morgan fingerprint density at radius 2 is 1.85 bits per heavy atom. The van der Waals surface area contributed by atoms with E-state index in [0.717, 1.165) is 58.4 Å². The number of nitrogens with one attached hydrogen (secondary N) is 3. The van der Waals surface area contributed by atoms with Gasteiger partial charge in [-0.05, 0) is 50.5 Å². The molecule has 210 valence electrons. The van der Waals surface area contributed by atoms with E-state index in [-0.39, 0.29) is 29.9 Å². The maximum atomic E-state index is 13.4. The number of aryl methyl sites for hydroxylation is 1. The summed E-state index contributed by atoms with van der Waals surface area (Å²) in [6.45, 7) is 5.40. The molecule has 8 heteroatoms. The maximum Gasteiger partial charge on any atom is 0.225 e. The van der Waals surface area contributed by atoms with E-state index in [1.807, 2.05) is 50.2 Å². The fourth-order valence-corrected chi connectivity index (χ4v) is 5.10. The second kappa shape index (κ2) is 13.2. The number of carbonyl (C=O) groups is 3. The number of methoxy groups -OCH3 is 1. The number of aromatic amines is 2. The topological polar surface area (TPSA) is 117 Å². The van der Waals surface area contributed by atoms with E-state index >= 15 is 0 Å². The van der Waals surface area contributed by atoms with Gasteiger partial charge in [0.05, 0.1) is 31.5 Å². The quantitative estimate of drug-likeness (QED) is 0.126. The molecule has 2 aromatic heterocycles. The zero-order valence-electron chi connectivity index (χ0n) is 23.7. The van der Waals surface area contributed by atoms with E-state index < -0.39 is 0 Å². The number of benzene rings is 2. The number of ketones is 2. The number of carbonyl (C=O) groups excluding carboxylic acids is 3. The van der Waals surface area contributed by atoms with Gasteiger partial charge in [-0.25, -0.2) is 4.98 Å². The van der Waals surface area contributed by atoms with Gasteiger partial charge in [0.25, 0.3) is 0 Å². The molecule has 1 atom stereocenters. The molecule has 0 fully saturated rings. The van der Waals surface area contributed by atoms with Crippen molar-refractivity contribution in [2.75, 3.05) is 7.11 Å². The number of nitrogens with zero attached hydrogens (tertiary/aromatic N) is 1. The third-order valence-electron chi connectivity index (χ3n) is 7.36. The second-order valence-electron chi connectivity index (χ2n) is 10.2. The molecule has 0 aliphatic heterocycles. The molecule has 40 heavy (non-hydrogen) atoms. The van der Waals surface area contributed by atoms with E-state index in [2.05, 4.69) is 20.3 Å². The minimum Gasteiger partial charge on any atom is -0.497 e. The van der Waals surface area contributed by atoms with Crippen molar-refractivity contribution in [3.63, 3.8) is 0 Å². The van der Waals surface area contributed by atoms with Gasteiger partial charge in [0.2, 0.25) is 5.91 Å². The van der Waals surface area contributed by atoms with Crippen molar-refractivity contribution in [2.24, 2.45) is 0 Å². The molecular weight excluding hydrogens is 504 g/mol. The number of imidazole rings is 1. The van der Waals surface area contributed by atoms with Gasteiger partial charge in [0.15, 0.2) is 5.78 Å². The molecule has 3 N–H and O–H groups in total. The number of amides is 1. The maximum absolute atomic E-state index is 13.4. The standard InChI is InChI=1S/C32H38N4O4/c1-5-22(38)11-7-6-8-14-29(32-33-19-30(36-32)25-13-10-9-12-24(25)21(3)37)35-31(39)18-26-20(2)34-28-16-15-23(40-4)17-27(26)28/h9-10,12-13,15-17,19,29,34H,5-8,11,14,18H2,1-4H3,(H,33,36)(H,35,39)/t29-/m0/s1. The van der Waals surface area contributed by atoms with E-state index in [0.29, 0.717) is 30.7 Å². The molecule has 0 aliphatic carbocycles. The SMILES string of the molecule is CCC(=O)CCCCC[C@H](NC(=O)Cc1c(C)[nH]c2ccc(OC)cc12)c1ncc(-c2ccccc2C(C)=O)[nH]1. The normalized spacial score (nSPS) is 11.9. The lowest BCUT2D eigenvalue weighted by Crippen LogP contribution is -2.30. The van der Waals surface area contributed by atoms with Crippen LogP contribution in [0.3, 0.4) is 0 Å². The van der Waals surface area contributed by atoms with Crippen molar-refractivity contribution >= 4 is 28.4 Å². The molecule has 2 heterocycles. The Balaban J connectivity index is 1.54. The zero-order chi connectivity index (χ0) is 28.6. The Labute approximate surface area is 234 Å². The molecule has 0 spiro atoms. The van der Waals surface area contributed by atoms with Crippen molar-refractivity contribution in [3.8, 4) is 17.0 Å². The zero-order valence-corrected chi connectivity index (χ0v) is 23.7. The molecule has 0 saturated heterocycles. The summed E-state index contributed by atoms with van der Waals surface area (Å²) in [4.78, 5) is 48.6. The number of hydrogen-bond donors (Lipinski definition) is 3. The lowest BCUT2D eigenvalue weighted by Gasteiger charge is -2.17. The highest BCUT2D eigenvalue weighted by molar-refractivity contribution is 6.00. The number of aromatic nitrogens is 3.